The molecule has 34 heavy (non-hydrogen) atoms. The second-order valence-electron chi connectivity index (χ2n) is 7.39. The zero-order valence-corrected chi connectivity index (χ0v) is 20.9. The second-order valence-corrected chi connectivity index (χ2v) is 9.95. The Bertz CT molecular complexity index is 1180. The number of ether oxygens (including phenoxy) is 2. The number of amides is 1. The van der Waals surface area contributed by atoms with E-state index in [2.05, 4.69) is 10.0 Å². The molecule has 1 amide bonds. The Labute approximate surface area is 204 Å². The molecule has 0 heterocycles. The number of hydrogen-bond donors (Lipinski definition) is 2. The molecule has 0 radical (unpaired) electrons. The number of hydrogen-bond acceptors (Lipinski definition) is 6. The van der Waals surface area contributed by atoms with E-state index in [1.165, 1.54) is 24.3 Å². The van der Waals surface area contributed by atoms with Crippen molar-refractivity contribution in [2.24, 2.45) is 0 Å². The van der Waals surface area contributed by atoms with Crippen molar-refractivity contribution in [1.82, 2.24) is 5.32 Å². The van der Waals surface area contributed by atoms with E-state index >= 15 is 0 Å². The van der Waals surface area contributed by atoms with Crippen LogP contribution in [0.4, 0.5) is 5.69 Å². The molecular formula is C25H28N2O5S2. The largest absolute Gasteiger partial charge is 0.494 e. The van der Waals surface area contributed by atoms with Crippen LogP contribution >= 0.6 is 11.8 Å². The number of rotatable bonds is 11. The summed E-state index contributed by atoms with van der Waals surface area (Å²) < 4.78 is 38.7. The molecule has 1 atom stereocenters. The van der Waals surface area contributed by atoms with Crippen LogP contribution in [-0.4, -0.2) is 33.8 Å². The maximum Gasteiger partial charge on any atom is 0.261 e. The van der Waals surface area contributed by atoms with E-state index in [1.807, 2.05) is 44.4 Å². The molecule has 7 nitrogen and oxygen atoms in total. The topological polar surface area (TPSA) is 93.7 Å². The van der Waals surface area contributed by atoms with E-state index in [-0.39, 0.29) is 23.5 Å². The highest BCUT2D eigenvalue weighted by Crippen LogP contribution is 2.22. The predicted molar refractivity (Wildman–Crippen MR) is 135 cm³/mol. The Morgan fingerprint density at radius 3 is 2.09 bits per heavy atom. The van der Waals surface area contributed by atoms with Gasteiger partial charge in [-0.3, -0.25) is 9.52 Å². The van der Waals surface area contributed by atoms with Crippen LogP contribution in [0.2, 0.25) is 0 Å². The molecular weight excluding hydrogens is 472 g/mol. The number of benzene rings is 3. The first-order chi connectivity index (χ1) is 16.3. The van der Waals surface area contributed by atoms with Gasteiger partial charge in [-0.05, 0) is 86.3 Å². The summed E-state index contributed by atoms with van der Waals surface area (Å²) in [7, 11) is -3.77. The molecule has 9 heteroatoms. The molecule has 0 saturated carbocycles. The maximum absolute atomic E-state index is 12.6. The molecule has 0 aliphatic rings. The minimum Gasteiger partial charge on any atom is -0.494 e. The van der Waals surface area contributed by atoms with Crippen molar-refractivity contribution in [3.8, 4) is 11.5 Å². The maximum atomic E-state index is 12.6. The fourth-order valence-corrected chi connectivity index (χ4v) is 4.59. The van der Waals surface area contributed by atoms with Crippen LogP contribution in [0, 0.1) is 0 Å². The highest BCUT2D eigenvalue weighted by Gasteiger charge is 2.15. The quantitative estimate of drug-likeness (QED) is 0.365. The van der Waals surface area contributed by atoms with Gasteiger partial charge in [0.2, 0.25) is 0 Å². The SMILES string of the molecule is CCOc1ccc(NS(=O)(=O)c2ccc(OCC(=O)N[C@H](C)c3ccc(SC)cc3)cc2)cc1. The zero-order chi connectivity index (χ0) is 24.6. The van der Waals surface area contributed by atoms with E-state index in [1.54, 1.807) is 36.0 Å². The van der Waals surface area contributed by atoms with Crippen molar-refractivity contribution >= 4 is 33.4 Å². The molecule has 3 rings (SSSR count). The number of anilines is 1. The minimum absolute atomic E-state index is 0.0838. The summed E-state index contributed by atoms with van der Waals surface area (Å²) in [6.45, 7) is 4.14. The summed E-state index contributed by atoms with van der Waals surface area (Å²) in [6, 6.07) is 20.4. The lowest BCUT2D eigenvalue weighted by atomic mass is 10.1. The van der Waals surface area contributed by atoms with Gasteiger partial charge in [-0.2, -0.15) is 0 Å². The highest BCUT2D eigenvalue weighted by molar-refractivity contribution is 7.98. The van der Waals surface area contributed by atoms with Crippen LogP contribution in [0.5, 0.6) is 11.5 Å². The van der Waals surface area contributed by atoms with Crippen molar-refractivity contribution in [2.45, 2.75) is 29.7 Å². The Balaban J connectivity index is 1.52. The van der Waals surface area contributed by atoms with Crippen molar-refractivity contribution in [2.75, 3.05) is 24.2 Å². The number of carbonyl (C=O) groups is 1. The van der Waals surface area contributed by atoms with Crippen LogP contribution in [0.3, 0.4) is 0 Å². The monoisotopic (exact) mass is 500 g/mol. The minimum atomic E-state index is -3.77. The molecule has 0 saturated heterocycles. The van der Waals surface area contributed by atoms with Crippen molar-refractivity contribution in [1.29, 1.82) is 0 Å². The summed E-state index contributed by atoms with van der Waals surface area (Å²) in [4.78, 5) is 13.5. The molecule has 3 aromatic carbocycles. The average molecular weight is 501 g/mol. The second kappa shape index (κ2) is 11.8. The van der Waals surface area contributed by atoms with Gasteiger partial charge in [0.05, 0.1) is 17.5 Å². The van der Waals surface area contributed by atoms with Gasteiger partial charge in [0.25, 0.3) is 15.9 Å². The summed E-state index contributed by atoms with van der Waals surface area (Å²) in [5.74, 6) is 0.793. The molecule has 2 N–H and O–H groups in total. The molecule has 0 aliphatic heterocycles. The summed E-state index contributed by atoms with van der Waals surface area (Å²) in [5.41, 5.74) is 1.43. The smallest absolute Gasteiger partial charge is 0.261 e. The van der Waals surface area contributed by atoms with Gasteiger partial charge in [-0.15, -0.1) is 11.8 Å². The normalized spacial score (nSPS) is 12.0. The Morgan fingerprint density at radius 1 is 0.912 bits per heavy atom. The fourth-order valence-electron chi connectivity index (χ4n) is 3.12. The average Bonchev–Trinajstić information content (AvgIpc) is 2.84. The van der Waals surface area contributed by atoms with Crippen LogP contribution in [0.1, 0.15) is 25.5 Å². The van der Waals surface area contributed by atoms with Gasteiger partial charge in [0, 0.05) is 10.6 Å². The van der Waals surface area contributed by atoms with Gasteiger partial charge < -0.3 is 14.8 Å². The zero-order valence-electron chi connectivity index (χ0n) is 19.3. The third kappa shape index (κ3) is 7.16. The van der Waals surface area contributed by atoms with Gasteiger partial charge in [-0.1, -0.05) is 12.1 Å². The summed E-state index contributed by atoms with van der Waals surface area (Å²) >= 11 is 1.66. The number of nitrogens with one attached hydrogen (secondary N) is 2. The van der Waals surface area contributed by atoms with Gasteiger partial charge >= 0.3 is 0 Å². The van der Waals surface area contributed by atoms with Crippen molar-refractivity contribution < 1.29 is 22.7 Å². The molecule has 0 aromatic heterocycles. The predicted octanol–water partition coefficient (Wildman–Crippen LogP) is 4.86. The molecule has 180 valence electrons. The molecule has 0 spiro atoms. The molecule has 0 bridgehead atoms. The van der Waals surface area contributed by atoms with E-state index in [0.717, 1.165) is 10.5 Å². The first-order valence-corrected chi connectivity index (χ1v) is 13.4. The van der Waals surface area contributed by atoms with Gasteiger partial charge in [0.1, 0.15) is 11.5 Å². The van der Waals surface area contributed by atoms with Crippen LogP contribution in [-0.2, 0) is 14.8 Å². The van der Waals surface area contributed by atoms with E-state index in [0.29, 0.717) is 23.8 Å². The molecule has 0 aliphatic carbocycles. The standard InChI is InChI=1S/C25H28N2O5S2/c1-4-31-21-9-7-20(8-10-21)27-34(29,30)24-15-11-22(12-16-24)32-17-25(28)26-18(2)19-5-13-23(33-3)14-6-19/h5-16,18,27H,4,17H2,1-3H3,(H,26,28)/t18-/m1/s1. The lowest BCUT2D eigenvalue weighted by Crippen LogP contribution is -2.31. The first kappa shape index (κ1) is 25.5. The lowest BCUT2D eigenvalue weighted by molar-refractivity contribution is -0.123. The van der Waals surface area contributed by atoms with E-state index in [9.17, 15) is 13.2 Å². The fraction of sp³-hybridized carbons (Fsp3) is 0.240. The Hall–Kier alpha value is -3.17. The van der Waals surface area contributed by atoms with Crippen LogP contribution < -0.4 is 19.5 Å². The van der Waals surface area contributed by atoms with Crippen LogP contribution in [0.25, 0.3) is 0 Å². The van der Waals surface area contributed by atoms with Crippen molar-refractivity contribution in [3.05, 3.63) is 78.4 Å². The molecule has 0 unspecified atom stereocenters. The van der Waals surface area contributed by atoms with E-state index in [4.69, 9.17) is 9.47 Å². The molecule has 3 aromatic rings. The Kier molecular flexibility index (Phi) is 8.84. The van der Waals surface area contributed by atoms with Gasteiger partial charge in [0.15, 0.2) is 6.61 Å². The third-order valence-electron chi connectivity index (χ3n) is 4.91. The molecule has 0 fully saturated rings. The number of carbonyl (C=O) groups excluding carboxylic acids is 1. The van der Waals surface area contributed by atoms with Gasteiger partial charge in [-0.25, -0.2) is 8.42 Å². The number of thioether (sulfide) groups is 1. The lowest BCUT2D eigenvalue weighted by Gasteiger charge is -2.15. The Morgan fingerprint density at radius 2 is 1.50 bits per heavy atom. The van der Waals surface area contributed by atoms with Crippen molar-refractivity contribution in [3.63, 3.8) is 0 Å². The third-order valence-corrected chi connectivity index (χ3v) is 7.06. The first-order valence-electron chi connectivity index (χ1n) is 10.7. The summed E-state index contributed by atoms with van der Waals surface area (Å²) in [5, 5.41) is 2.89. The summed E-state index contributed by atoms with van der Waals surface area (Å²) in [6.07, 6.45) is 2.01. The number of sulfonamides is 1. The van der Waals surface area contributed by atoms with Crippen LogP contribution in [0.15, 0.2) is 82.6 Å². The highest BCUT2D eigenvalue weighted by atomic mass is 32.2. The van der Waals surface area contributed by atoms with E-state index < -0.39 is 10.0 Å².